The lowest BCUT2D eigenvalue weighted by molar-refractivity contribution is -0.385. The molecule has 1 rings (SSSR count). The van der Waals surface area contributed by atoms with Crippen LogP contribution in [-0.4, -0.2) is 16.0 Å². The number of hydrogen-bond donors (Lipinski definition) is 1. The monoisotopic (exact) mass is 206 g/mol. The molecule has 0 saturated carbocycles. The molecule has 6 heteroatoms. The van der Waals surface area contributed by atoms with E-state index < -0.39 is 22.1 Å². The molecule has 0 aliphatic heterocycles. The van der Waals surface area contributed by atoms with Crippen molar-refractivity contribution in [2.24, 2.45) is 0 Å². The second-order valence-corrected chi connectivity index (χ2v) is 2.71. The molecule has 0 spiro atoms. The zero-order chi connectivity index (χ0) is 11.4. The number of rotatable bonds is 3. The second kappa shape index (κ2) is 4.19. The summed E-state index contributed by atoms with van der Waals surface area (Å²) in [5, 5.41) is 27.8. The molecule has 0 atom stereocenters. The van der Waals surface area contributed by atoms with Crippen molar-refractivity contribution in [1.82, 2.24) is 0 Å². The molecule has 0 fully saturated rings. The van der Waals surface area contributed by atoms with Gasteiger partial charge in [0.05, 0.1) is 17.4 Å². The van der Waals surface area contributed by atoms with Gasteiger partial charge >= 0.3 is 5.97 Å². The minimum absolute atomic E-state index is 0.113. The Bertz CT molecular complexity index is 462. The minimum atomic E-state index is -1.37. The van der Waals surface area contributed by atoms with Crippen molar-refractivity contribution in [3.63, 3.8) is 0 Å². The smallest absolute Gasteiger partial charge is 0.342 e. The molecule has 0 amide bonds. The third-order valence-electron chi connectivity index (χ3n) is 1.80. The summed E-state index contributed by atoms with van der Waals surface area (Å²) in [5.41, 5.74) is -0.790. The summed E-state index contributed by atoms with van der Waals surface area (Å²) in [6.45, 7) is 0. The molecule has 76 valence electrons. The van der Waals surface area contributed by atoms with Crippen LogP contribution in [0.5, 0.6) is 0 Å². The molecule has 1 aromatic rings. The van der Waals surface area contributed by atoms with Gasteiger partial charge in [0.25, 0.3) is 5.69 Å². The molecule has 0 saturated heterocycles. The van der Waals surface area contributed by atoms with Crippen LogP contribution in [0.2, 0.25) is 0 Å². The minimum Gasteiger partial charge on any atom is -0.477 e. The van der Waals surface area contributed by atoms with Crippen molar-refractivity contribution in [1.29, 1.82) is 5.26 Å². The van der Waals surface area contributed by atoms with E-state index in [1.807, 2.05) is 0 Å². The first kappa shape index (κ1) is 10.7. The number of nitrogens with zero attached hydrogens (tertiary/aromatic N) is 2. The van der Waals surface area contributed by atoms with Crippen LogP contribution in [0.1, 0.15) is 15.9 Å². The van der Waals surface area contributed by atoms with Crippen molar-refractivity contribution < 1.29 is 14.8 Å². The van der Waals surface area contributed by atoms with Gasteiger partial charge in [-0.1, -0.05) is 12.1 Å². The summed E-state index contributed by atoms with van der Waals surface area (Å²) in [4.78, 5) is 20.6. The topological polar surface area (TPSA) is 104 Å². The number of nitriles is 1. The Morgan fingerprint density at radius 1 is 1.60 bits per heavy atom. The van der Waals surface area contributed by atoms with Gasteiger partial charge in [-0.25, -0.2) is 4.79 Å². The van der Waals surface area contributed by atoms with Crippen LogP contribution in [0.15, 0.2) is 18.2 Å². The van der Waals surface area contributed by atoms with Gasteiger partial charge in [-0.15, -0.1) is 0 Å². The molecule has 0 radical (unpaired) electrons. The zero-order valence-corrected chi connectivity index (χ0v) is 7.51. The maximum absolute atomic E-state index is 10.7. The van der Waals surface area contributed by atoms with Crippen LogP contribution in [-0.2, 0) is 6.42 Å². The lowest BCUT2D eigenvalue weighted by Gasteiger charge is -2.01. The number of para-hydroxylation sites is 1. The average Bonchev–Trinajstić information content (AvgIpc) is 2.17. The number of carboxylic acid groups (broad SMARTS) is 1. The summed E-state index contributed by atoms with van der Waals surface area (Å²) < 4.78 is 0. The fourth-order valence-corrected chi connectivity index (χ4v) is 1.21. The van der Waals surface area contributed by atoms with Crippen LogP contribution in [0.4, 0.5) is 5.69 Å². The van der Waals surface area contributed by atoms with E-state index in [2.05, 4.69) is 0 Å². The summed E-state index contributed by atoms with van der Waals surface area (Å²) >= 11 is 0. The van der Waals surface area contributed by atoms with Crippen molar-refractivity contribution in [3.05, 3.63) is 39.4 Å². The largest absolute Gasteiger partial charge is 0.477 e. The standard InChI is InChI=1S/C9H6N2O4/c10-5-4-6-2-1-3-7(9(12)13)8(6)11(14)15/h1-3H,4H2,(H,12,13). The lowest BCUT2D eigenvalue weighted by atomic mass is 10.1. The van der Waals surface area contributed by atoms with Crippen molar-refractivity contribution in [2.45, 2.75) is 6.42 Å². The van der Waals surface area contributed by atoms with Crippen LogP contribution >= 0.6 is 0 Å². The van der Waals surface area contributed by atoms with E-state index in [-0.39, 0.29) is 12.0 Å². The fourth-order valence-electron chi connectivity index (χ4n) is 1.21. The SMILES string of the molecule is N#CCc1cccc(C(=O)O)c1[N+](=O)[O-]. The van der Waals surface area contributed by atoms with Crippen LogP contribution in [0.3, 0.4) is 0 Å². The van der Waals surface area contributed by atoms with E-state index >= 15 is 0 Å². The number of carbonyl (C=O) groups is 1. The molecule has 0 unspecified atom stereocenters. The van der Waals surface area contributed by atoms with E-state index in [4.69, 9.17) is 10.4 Å². The molecule has 1 N–H and O–H groups in total. The summed E-state index contributed by atoms with van der Waals surface area (Å²) in [6, 6.07) is 5.64. The fraction of sp³-hybridized carbons (Fsp3) is 0.111. The molecule has 6 nitrogen and oxygen atoms in total. The van der Waals surface area contributed by atoms with E-state index in [0.717, 1.165) is 6.07 Å². The number of nitro groups is 1. The van der Waals surface area contributed by atoms with Gasteiger partial charge in [-0.05, 0) is 6.07 Å². The molecule has 0 aromatic heterocycles. The van der Waals surface area contributed by atoms with Crippen molar-refractivity contribution >= 4 is 11.7 Å². The summed E-state index contributed by atoms with van der Waals surface area (Å²) in [6.07, 6.45) is -0.183. The highest BCUT2D eigenvalue weighted by Crippen LogP contribution is 2.24. The van der Waals surface area contributed by atoms with E-state index in [1.54, 1.807) is 6.07 Å². The average molecular weight is 206 g/mol. The molecule has 0 aliphatic rings. The van der Waals surface area contributed by atoms with E-state index in [0.29, 0.717) is 0 Å². The second-order valence-electron chi connectivity index (χ2n) is 2.71. The molecule has 1 aromatic carbocycles. The Hall–Kier alpha value is -2.42. The number of benzene rings is 1. The Kier molecular flexibility index (Phi) is 2.98. The summed E-state index contributed by atoms with van der Waals surface area (Å²) in [5.74, 6) is -1.37. The van der Waals surface area contributed by atoms with Gasteiger partial charge in [0.1, 0.15) is 5.56 Å². The molecular formula is C9H6N2O4. The lowest BCUT2D eigenvalue weighted by Crippen LogP contribution is -2.05. The molecule has 0 bridgehead atoms. The Balaban J connectivity index is 3.43. The van der Waals surface area contributed by atoms with Crippen molar-refractivity contribution in [3.8, 4) is 6.07 Å². The molecule has 0 heterocycles. The first-order chi connectivity index (χ1) is 7.07. The van der Waals surface area contributed by atoms with Gasteiger partial charge in [0.2, 0.25) is 0 Å². The quantitative estimate of drug-likeness (QED) is 0.593. The normalized spacial score (nSPS) is 9.27. The third-order valence-corrected chi connectivity index (χ3v) is 1.80. The predicted octanol–water partition coefficient (Wildman–Crippen LogP) is 1.36. The highest BCUT2D eigenvalue weighted by molar-refractivity contribution is 5.93. The third kappa shape index (κ3) is 2.08. The first-order valence-corrected chi connectivity index (χ1v) is 3.94. The number of nitro benzene ring substituents is 1. The van der Waals surface area contributed by atoms with Crippen LogP contribution in [0.25, 0.3) is 0 Å². The van der Waals surface area contributed by atoms with Gasteiger partial charge in [-0.3, -0.25) is 10.1 Å². The van der Waals surface area contributed by atoms with E-state index in [1.165, 1.54) is 12.1 Å². The summed E-state index contributed by atoms with van der Waals surface area (Å²) in [7, 11) is 0. The van der Waals surface area contributed by atoms with Gasteiger partial charge in [-0.2, -0.15) is 5.26 Å². The molecular weight excluding hydrogens is 200 g/mol. The maximum atomic E-state index is 10.7. The predicted molar refractivity (Wildman–Crippen MR) is 49.4 cm³/mol. The highest BCUT2D eigenvalue weighted by Gasteiger charge is 2.23. The Morgan fingerprint density at radius 2 is 2.27 bits per heavy atom. The number of carboxylic acids is 1. The van der Waals surface area contributed by atoms with Crippen LogP contribution < -0.4 is 0 Å². The van der Waals surface area contributed by atoms with Gasteiger partial charge in [0.15, 0.2) is 0 Å². The maximum Gasteiger partial charge on any atom is 0.342 e. The van der Waals surface area contributed by atoms with E-state index in [9.17, 15) is 14.9 Å². The number of hydrogen-bond acceptors (Lipinski definition) is 4. The highest BCUT2D eigenvalue weighted by atomic mass is 16.6. The molecule has 0 aliphatic carbocycles. The molecule has 15 heavy (non-hydrogen) atoms. The Morgan fingerprint density at radius 3 is 2.73 bits per heavy atom. The number of aromatic carboxylic acids is 1. The first-order valence-electron chi connectivity index (χ1n) is 3.94. The zero-order valence-electron chi connectivity index (χ0n) is 7.51. The van der Waals surface area contributed by atoms with Gasteiger partial charge in [0, 0.05) is 5.56 Å². The van der Waals surface area contributed by atoms with Gasteiger partial charge < -0.3 is 5.11 Å². The Labute approximate surface area is 84.5 Å². The van der Waals surface area contributed by atoms with Crippen LogP contribution in [0, 0.1) is 21.4 Å². The van der Waals surface area contributed by atoms with Crippen molar-refractivity contribution in [2.75, 3.05) is 0 Å².